The fraction of sp³-hybridized carbons (Fsp3) is 0.0833. The maximum Gasteiger partial charge on any atom is 0.270 e. The Labute approximate surface area is 222 Å². The lowest BCUT2D eigenvalue weighted by Crippen LogP contribution is -2.27. The highest BCUT2D eigenvalue weighted by Gasteiger charge is 2.33. The zero-order chi connectivity index (χ0) is 23.5. The number of hydrogen-bond donors (Lipinski definition) is 0. The van der Waals surface area contributed by atoms with Gasteiger partial charge in [0.25, 0.3) is 5.91 Å². The number of methoxy groups -OCH3 is 1. The van der Waals surface area contributed by atoms with Crippen LogP contribution in [0.1, 0.15) is 11.1 Å². The summed E-state index contributed by atoms with van der Waals surface area (Å²) in [6.07, 6.45) is 1.78. The van der Waals surface area contributed by atoms with Gasteiger partial charge in [0.1, 0.15) is 12.4 Å². The molecule has 0 aromatic heterocycles. The SMILES string of the molecule is COc1cc(/C=C2/SC(=S)N(c3cccc(Br)c3)C2=O)cc(I)c1OCc1ccccc1F. The summed E-state index contributed by atoms with van der Waals surface area (Å²) in [5.41, 5.74) is 1.93. The summed E-state index contributed by atoms with van der Waals surface area (Å²) in [5, 5.41) is 0. The smallest absolute Gasteiger partial charge is 0.270 e. The van der Waals surface area contributed by atoms with Crippen LogP contribution in [0, 0.1) is 9.39 Å². The Balaban J connectivity index is 1.59. The molecule has 1 aliphatic heterocycles. The normalized spacial score (nSPS) is 14.8. The van der Waals surface area contributed by atoms with Gasteiger partial charge in [0, 0.05) is 10.0 Å². The number of amides is 1. The number of nitrogens with zero attached hydrogens (tertiary/aromatic N) is 1. The minimum Gasteiger partial charge on any atom is -0.493 e. The minimum atomic E-state index is -0.324. The number of carbonyl (C=O) groups excluding carboxylic acids is 1. The van der Waals surface area contributed by atoms with E-state index in [1.807, 2.05) is 30.3 Å². The van der Waals surface area contributed by atoms with Gasteiger partial charge in [0.2, 0.25) is 0 Å². The second-order valence-corrected chi connectivity index (χ2v) is 10.7. The van der Waals surface area contributed by atoms with Crippen LogP contribution in [0.25, 0.3) is 6.08 Å². The summed E-state index contributed by atoms with van der Waals surface area (Å²) < 4.78 is 27.4. The molecular formula is C24H16BrFINO3S2. The predicted octanol–water partition coefficient (Wildman–Crippen LogP) is 7.19. The number of halogens is 3. The molecule has 0 N–H and O–H groups in total. The van der Waals surface area contributed by atoms with E-state index in [1.54, 1.807) is 30.3 Å². The molecule has 1 heterocycles. The Morgan fingerprint density at radius 2 is 1.97 bits per heavy atom. The van der Waals surface area contributed by atoms with Crippen LogP contribution in [0.5, 0.6) is 11.5 Å². The van der Waals surface area contributed by atoms with Crippen LogP contribution in [0.3, 0.4) is 0 Å². The van der Waals surface area contributed by atoms with Gasteiger partial charge in [0.05, 0.1) is 21.3 Å². The molecular weight excluding hydrogens is 640 g/mol. The second kappa shape index (κ2) is 10.5. The van der Waals surface area contributed by atoms with E-state index in [0.29, 0.717) is 32.0 Å². The summed E-state index contributed by atoms with van der Waals surface area (Å²) in [6, 6.07) is 17.6. The van der Waals surface area contributed by atoms with Crippen molar-refractivity contribution in [2.24, 2.45) is 0 Å². The molecule has 0 saturated carbocycles. The van der Waals surface area contributed by atoms with Crippen molar-refractivity contribution < 1.29 is 18.7 Å². The standard InChI is InChI=1S/C24H16BrFINO3S2/c1-30-20-10-14(9-19(27)22(20)31-13-15-5-2-3-8-18(15)26)11-21-23(29)28(24(32)33-21)17-7-4-6-16(25)12-17/h2-12H,13H2,1H3/b21-11+. The Bertz CT molecular complexity index is 1280. The lowest BCUT2D eigenvalue weighted by atomic mass is 10.1. The van der Waals surface area contributed by atoms with E-state index < -0.39 is 0 Å². The van der Waals surface area contributed by atoms with Gasteiger partial charge in [-0.2, -0.15) is 0 Å². The minimum absolute atomic E-state index is 0.0731. The first kappa shape index (κ1) is 24.2. The summed E-state index contributed by atoms with van der Waals surface area (Å²) in [6.45, 7) is 0.0731. The Morgan fingerprint density at radius 1 is 1.18 bits per heavy atom. The molecule has 0 bridgehead atoms. The van der Waals surface area contributed by atoms with E-state index in [1.165, 1.54) is 29.8 Å². The first-order valence-corrected chi connectivity index (χ1v) is 12.7. The second-order valence-electron chi connectivity index (χ2n) is 6.91. The van der Waals surface area contributed by atoms with Crippen LogP contribution < -0.4 is 14.4 Å². The third-order valence-corrected chi connectivity index (χ3v) is 7.34. The zero-order valence-corrected chi connectivity index (χ0v) is 22.6. The van der Waals surface area contributed by atoms with Crippen molar-refractivity contribution >= 4 is 84.5 Å². The molecule has 0 aliphatic carbocycles. The average molecular weight is 656 g/mol. The van der Waals surface area contributed by atoms with Gasteiger partial charge in [0.15, 0.2) is 15.8 Å². The van der Waals surface area contributed by atoms with Crippen molar-refractivity contribution in [3.8, 4) is 11.5 Å². The van der Waals surface area contributed by atoms with Crippen LogP contribution in [-0.4, -0.2) is 17.3 Å². The number of benzene rings is 3. The molecule has 0 spiro atoms. The average Bonchev–Trinajstić information content (AvgIpc) is 3.06. The first-order valence-electron chi connectivity index (χ1n) is 9.64. The Hall–Kier alpha value is -1.95. The largest absolute Gasteiger partial charge is 0.493 e. The lowest BCUT2D eigenvalue weighted by molar-refractivity contribution is -0.113. The van der Waals surface area contributed by atoms with Crippen molar-refractivity contribution in [2.75, 3.05) is 12.0 Å². The highest BCUT2D eigenvalue weighted by atomic mass is 127. The van der Waals surface area contributed by atoms with Crippen LogP contribution in [0.2, 0.25) is 0 Å². The molecule has 4 rings (SSSR count). The summed E-state index contributed by atoms with van der Waals surface area (Å²) in [5.74, 6) is 0.500. The Kier molecular flexibility index (Phi) is 7.72. The maximum absolute atomic E-state index is 13.9. The number of rotatable bonds is 6. The molecule has 0 unspecified atom stereocenters. The van der Waals surface area contributed by atoms with E-state index in [-0.39, 0.29) is 18.3 Å². The van der Waals surface area contributed by atoms with Crippen molar-refractivity contribution in [3.63, 3.8) is 0 Å². The molecule has 33 heavy (non-hydrogen) atoms. The quantitative estimate of drug-likeness (QED) is 0.160. The van der Waals surface area contributed by atoms with Gasteiger partial charge >= 0.3 is 0 Å². The number of thiocarbonyl (C=S) groups is 1. The number of thioether (sulfide) groups is 1. The van der Waals surface area contributed by atoms with Gasteiger partial charge < -0.3 is 9.47 Å². The number of hydrogen-bond acceptors (Lipinski definition) is 5. The van der Waals surface area contributed by atoms with Gasteiger partial charge in [-0.25, -0.2) is 4.39 Å². The van der Waals surface area contributed by atoms with E-state index in [9.17, 15) is 9.18 Å². The first-order chi connectivity index (χ1) is 15.9. The third kappa shape index (κ3) is 5.42. The highest BCUT2D eigenvalue weighted by Crippen LogP contribution is 2.39. The summed E-state index contributed by atoms with van der Waals surface area (Å²) in [7, 11) is 1.54. The summed E-state index contributed by atoms with van der Waals surface area (Å²) >= 11 is 12.3. The van der Waals surface area contributed by atoms with Crippen LogP contribution in [0.4, 0.5) is 10.1 Å². The summed E-state index contributed by atoms with van der Waals surface area (Å²) in [4.78, 5) is 15.1. The van der Waals surface area contributed by atoms with Gasteiger partial charge in [-0.3, -0.25) is 9.69 Å². The third-order valence-electron chi connectivity index (χ3n) is 4.74. The molecule has 1 fully saturated rings. The van der Waals surface area contributed by atoms with E-state index in [0.717, 1.165) is 13.6 Å². The van der Waals surface area contributed by atoms with Crippen LogP contribution in [0.15, 0.2) is 70.0 Å². The zero-order valence-electron chi connectivity index (χ0n) is 17.2. The predicted molar refractivity (Wildman–Crippen MR) is 146 cm³/mol. The topological polar surface area (TPSA) is 38.8 Å². The fourth-order valence-electron chi connectivity index (χ4n) is 3.19. The maximum atomic E-state index is 13.9. The molecule has 0 atom stereocenters. The molecule has 1 amide bonds. The van der Waals surface area contributed by atoms with Gasteiger partial charge in [-0.15, -0.1) is 0 Å². The van der Waals surface area contributed by atoms with E-state index >= 15 is 0 Å². The van der Waals surface area contributed by atoms with Crippen molar-refractivity contribution in [1.29, 1.82) is 0 Å². The molecule has 4 nitrogen and oxygen atoms in total. The molecule has 1 saturated heterocycles. The number of anilines is 1. The number of carbonyl (C=O) groups is 1. The van der Waals surface area contributed by atoms with Gasteiger partial charge in [-0.1, -0.05) is 64.2 Å². The van der Waals surface area contributed by atoms with Crippen molar-refractivity contribution in [1.82, 2.24) is 0 Å². The van der Waals surface area contributed by atoms with Crippen LogP contribution >= 0.6 is 62.5 Å². The van der Waals surface area contributed by atoms with Gasteiger partial charge in [-0.05, 0) is 70.6 Å². The van der Waals surface area contributed by atoms with Crippen LogP contribution in [-0.2, 0) is 11.4 Å². The molecule has 168 valence electrons. The Morgan fingerprint density at radius 3 is 2.70 bits per heavy atom. The molecule has 9 heteroatoms. The molecule has 0 radical (unpaired) electrons. The van der Waals surface area contributed by atoms with E-state index in [2.05, 4.69) is 38.5 Å². The molecule has 1 aliphatic rings. The molecule has 3 aromatic rings. The lowest BCUT2D eigenvalue weighted by Gasteiger charge is -2.15. The molecule has 3 aromatic carbocycles. The van der Waals surface area contributed by atoms with Crippen molar-refractivity contribution in [3.05, 3.63) is 90.6 Å². The monoisotopic (exact) mass is 655 g/mol. The fourth-order valence-corrected chi connectivity index (χ4v) is 5.65. The number of ether oxygens (including phenoxy) is 2. The van der Waals surface area contributed by atoms with Crippen molar-refractivity contribution in [2.45, 2.75) is 6.61 Å². The van der Waals surface area contributed by atoms with E-state index in [4.69, 9.17) is 21.7 Å². The highest BCUT2D eigenvalue weighted by molar-refractivity contribution is 14.1.